The summed E-state index contributed by atoms with van der Waals surface area (Å²) < 4.78 is 12.8. The van der Waals surface area contributed by atoms with Crippen LogP contribution in [0.15, 0.2) is 0 Å². The molecule has 0 spiro atoms. The molecular weight excluding hydrogens is 247 g/mol. The molecule has 1 saturated heterocycles. The number of nitrogens with one attached hydrogen (secondary N) is 1. The Bertz CT molecular complexity index is 359. The first-order chi connectivity index (χ1) is 8.73. The average Bonchev–Trinajstić information content (AvgIpc) is 2.32. The molecule has 2 amide bonds. The van der Waals surface area contributed by atoms with Gasteiger partial charge in [0, 0.05) is 6.54 Å². The number of carbonyl (C=O) groups excluding carboxylic acids is 2. The average molecular weight is 272 g/mol. The van der Waals surface area contributed by atoms with Gasteiger partial charge in [-0.1, -0.05) is 34.6 Å². The first kappa shape index (κ1) is 15.9. The zero-order chi connectivity index (χ0) is 14.8. The Balaban J connectivity index is 3.20. The lowest BCUT2D eigenvalue weighted by molar-refractivity contribution is -0.160. The third-order valence-electron chi connectivity index (χ3n) is 3.95. The minimum absolute atomic E-state index is 0.0179. The molecule has 1 N–H and O–H groups in total. The van der Waals surface area contributed by atoms with Gasteiger partial charge in [0.25, 0.3) is 0 Å². The Morgan fingerprint density at radius 3 is 2.16 bits per heavy atom. The van der Waals surface area contributed by atoms with Crippen LogP contribution in [0.3, 0.4) is 0 Å². The third-order valence-corrected chi connectivity index (χ3v) is 3.95. The minimum atomic E-state index is -0.867. The van der Waals surface area contributed by atoms with Gasteiger partial charge in [0.2, 0.25) is 11.8 Å². The van der Waals surface area contributed by atoms with Crippen LogP contribution in [0.1, 0.15) is 47.5 Å². The molecule has 1 atom stereocenters. The molecule has 110 valence electrons. The van der Waals surface area contributed by atoms with E-state index in [9.17, 15) is 14.0 Å². The van der Waals surface area contributed by atoms with Crippen molar-refractivity contribution in [3.05, 3.63) is 0 Å². The summed E-state index contributed by atoms with van der Waals surface area (Å²) in [6, 6.07) is -0.609. The molecule has 0 saturated carbocycles. The predicted octanol–water partition coefficient (Wildman–Crippen LogP) is 1.89. The molecule has 0 aliphatic carbocycles. The Morgan fingerprint density at radius 2 is 1.79 bits per heavy atom. The summed E-state index contributed by atoms with van der Waals surface area (Å²) in [6.07, 6.45) is 1.04. The van der Waals surface area contributed by atoms with Gasteiger partial charge in [-0.2, -0.15) is 0 Å². The van der Waals surface area contributed by atoms with Crippen LogP contribution in [0.25, 0.3) is 0 Å². The summed E-state index contributed by atoms with van der Waals surface area (Å²) in [4.78, 5) is 26.4. The number of hydrogen-bond acceptors (Lipinski definition) is 2. The summed E-state index contributed by atoms with van der Waals surface area (Å²) in [6.45, 7) is 8.76. The van der Waals surface area contributed by atoms with Gasteiger partial charge in [0.05, 0.1) is 0 Å². The molecule has 4 nitrogen and oxygen atoms in total. The number of halogens is 1. The van der Waals surface area contributed by atoms with E-state index < -0.39 is 23.7 Å². The standard InChI is InChI=1S/C14H25FN2O2/c1-6-14(7-2)12(19)17(9-8-15)10(11(18)16-14)13(3,4)5/h10H,6-9H2,1-5H3,(H,16,18). The Hall–Kier alpha value is -1.13. The smallest absolute Gasteiger partial charge is 0.249 e. The van der Waals surface area contributed by atoms with Crippen LogP contribution in [0.5, 0.6) is 0 Å². The lowest BCUT2D eigenvalue weighted by Crippen LogP contribution is -2.72. The fraction of sp³-hybridized carbons (Fsp3) is 0.857. The van der Waals surface area contributed by atoms with E-state index in [-0.39, 0.29) is 18.4 Å². The van der Waals surface area contributed by atoms with Crippen LogP contribution in [-0.2, 0) is 9.59 Å². The van der Waals surface area contributed by atoms with E-state index >= 15 is 0 Å². The van der Waals surface area contributed by atoms with E-state index in [1.807, 2.05) is 34.6 Å². The molecule has 0 aromatic carbocycles. The second kappa shape index (κ2) is 5.47. The molecule has 0 radical (unpaired) electrons. The highest BCUT2D eigenvalue weighted by Gasteiger charge is 2.51. The summed E-state index contributed by atoms with van der Waals surface area (Å²) in [5.41, 5.74) is -1.28. The van der Waals surface area contributed by atoms with Crippen molar-refractivity contribution in [2.45, 2.75) is 59.0 Å². The lowest BCUT2D eigenvalue weighted by Gasteiger charge is -2.49. The quantitative estimate of drug-likeness (QED) is 0.849. The van der Waals surface area contributed by atoms with Gasteiger partial charge in [-0.3, -0.25) is 9.59 Å². The van der Waals surface area contributed by atoms with Crippen molar-refractivity contribution >= 4 is 11.8 Å². The topological polar surface area (TPSA) is 49.4 Å². The van der Waals surface area contributed by atoms with Crippen LogP contribution < -0.4 is 5.32 Å². The maximum absolute atomic E-state index is 12.8. The lowest BCUT2D eigenvalue weighted by atomic mass is 9.79. The monoisotopic (exact) mass is 272 g/mol. The largest absolute Gasteiger partial charge is 0.340 e. The highest BCUT2D eigenvalue weighted by atomic mass is 19.1. The molecule has 1 aliphatic heterocycles. The van der Waals surface area contributed by atoms with E-state index in [1.165, 1.54) is 4.90 Å². The number of piperazine rings is 1. The zero-order valence-electron chi connectivity index (χ0n) is 12.5. The minimum Gasteiger partial charge on any atom is -0.340 e. The second-order valence-corrected chi connectivity index (χ2v) is 6.23. The van der Waals surface area contributed by atoms with Crippen LogP contribution in [0.2, 0.25) is 0 Å². The zero-order valence-corrected chi connectivity index (χ0v) is 12.5. The van der Waals surface area contributed by atoms with Gasteiger partial charge in [0.15, 0.2) is 0 Å². The molecular formula is C14H25FN2O2. The van der Waals surface area contributed by atoms with Crippen LogP contribution in [0, 0.1) is 5.41 Å². The number of nitrogens with zero attached hydrogens (tertiary/aromatic N) is 1. The van der Waals surface area contributed by atoms with Crippen LogP contribution in [-0.4, -0.2) is 41.5 Å². The Labute approximate surface area is 114 Å². The van der Waals surface area contributed by atoms with Crippen molar-refractivity contribution in [1.29, 1.82) is 0 Å². The van der Waals surface area contributed by atoms with E-state index in [1.54, 1.807) is 0 Å². The molecule has 0 aromatic rings. The number of carbonyl (C=O) groups is 2. The first-order valence-corrected chi connectivity index (χ1v) is 6.92. The van der Waals surface area contributed by atoms with Crippen molar-refractivity contribution in [1.82, 2.24) is 10.2 Å². The van der Waals surface area contributed by atoms with Crippen molar-refractivity contribution in [2.75, 3.05) is 13.2 Å². The van der Waals surface area contributed by atoms with E-state index in [0.717, 1.165) is 0 Å². The third kappa shape index (κ3) is 2.74. The normalized spacial score (nSPS) is 23.5. The number of alkyl halides is 1. The van der Waals surface area contributed by atoms with Gasteiger partial charge < -0.3 is 10.2 Å². The van der Waals surface area contributed by atoms with E-state index in [4.69, 9.17) is 0 Å². The summed E-state index contributed by atoms with van der Waals surface area (Å²) in [5.74, 6) is -0.334. The van der Waals surface area contributed by atoms with Gasteiger partial charge in [-0.15, -0.1) is 0 Å². The van der Waals surface area contributed by atoms with Gasteiger partial charge in [-0.05, 0) is 18.3 Å². The van der Waals surface area contributed by atoms with Gasteiger partial charge in [0.1, 0.15) is 18.3 Å². The summed E-state index contributed by atoms with van der Waals surface area (Å²) in [5, 5.41) is 2.87. The summed E-state index contributed by atoms with van der Waals surface area (Å²) in [7, 11) is 0. The van der Waals surface area contributed by atoms with Crippen molar-refractivity contribution < 1.29 is 14.0 Å². The molecule has 1 aliphatic rings. The number of amides is 2. The van der Waals surface area contributed by atoms with Crippen molar-refractivity contribution in [3.63, 3.8) is 0 Å². The van der Waals surface area contributed by atoms with Crippen molar-refractivity contribution in [3.8, 4) is 0 Å². The molecule has 1 heterocycles. The highest BCUT2D eigenvalue weighted by molar-refractivity contribution is 6.00. The van der Waals surface area contributed by atoms with Gasteiger partial charge >= 0.3 is 0 Å². The van der Waals surface area contributed by atoms with Crippen LogP contribution >= 0.6 is 0 Å². The van der Waals surface area contributed by atoms with Crippen LogP contribution in [0.4, 0.5) is 4.39 Å². The van der Waals surface area contributed by atoms with Crippen molar-refractivity contribution in [2.24, 2.45) is 5.41 Å². The molecule has 1 fully saturated rings. The van der Waals surface area contributed by atoms with E-state index in [2.05, 4.69) is 5.32 Å². The molecule has 1 unspecified atom stereocenters. The summed E-state index contributed by atoms with van der Waals surface area (Å²) >= 11 is 0. The Morgan fingerprint density at radius 1 is 1.26 bits per heavy atom. The first-order valence-electron chi connectivity index (χ1n) is 6.92. The maximum Gasteiger partial charge on any atom is 0.249 e. The number of rotatable bonds is 4. The molecule has 0 bridgehead atoms. The SMILES string of the molecule is CCC1(CC)NC(=O)C(C(C)(C)C)N(CCF)C1=O. The molecule has 0 aromatic heterocycles. The molecule has 19 heavy (non-hydrogen) atoms. The maximum atomic E-state index is 12.8. The molecule has 1 rings (SSSR count). The van der Waals surface area contributed by atoms with Gasteiger partial charge in [-0.25, -0.2) is 4.39 Å². The predicted molar refractivity (Wildman–Crippen MR) is 72.4 cm³/mol. The second-order valence-electron chi connectivity index (χ2n) is 6.23. The molecule has 5 heteroatoms. The fourth-order valence-corrected chi connectivity index (χ4v) is 2.80. The van der Waals surface area contributed by atoms with E-state index in [0.29, 0.717) is 12.8 Å². The number of hydrogen-bond donors (Lipinski definition) is 1. The fourth-order valence-electron chi connectivity index (χ4n) is 2.80. The highest BCUT2D eigenvalue weighted by Crippen LogP contribution is 2.32. The Kier molecular flexibility index (Phi) is 4.59.